The van der Waals surface area contributed by atoms with Gasteiger partial charge in [0.15, 0.2) is 0 Å². The summed E-state index contributed by atoms with van der Waals surface area (Å²) in [6.07, 6.45) is 0.250. The molecule has 4 aromatic rings. The first-order valence-electron chi connectivity index (χ1n) is 12.4. The summed E-state index contributed by atoms with van der Waals surface area (Å²) in [5.74, 6) is 0.742. The fourth-order valence-corrected chi connectivity index (χ4v) is 4.68. The normalized spacial score (nSPS) is 14.2. The second-order valence-electron chi connectivity index (χ2n) is 9.55. The Hall–Kier alpha value is -3.79. The van der Waals surface area contributed by atoms with Crippen LogP contribution in [0, 0.1) is 0 Å². The summed E-state index contributed by atoms with van der Waals surface area (Å²) >= 11 is 0. The number of carbonyl (C=O) groups excluding carboxylic acids is 2. The number of nitrogens with one attached hydrogen (secondary N) is 1. The number of aliphatic hydroxyl groups excluding tert-OH is 2. The van der Waals surface area contributed by atoms with E-state index in [-0.39, 0.29) is 18.4 Å². The van der Waals surface area contributed by atoms with Crippen molar-refractivity contribution < 1.29 is 24.5 Å². The van der Waals surface area contributed by atoms with Gasteiger partial charge >= 0.3 is 0 Å². The van der Waals surface area contributed by atoms with Gasteiger partial charge in [0.25, 0.3) is 11.8 Å². The summed E-state index contributed by atoms with van der Waals surface area (Å²) in [5, 5.41) is 19.8. The summed E-state index contributed by atoms with van der Waals surface area (Å²) < 4.78 is 5.63. The minimum atomic E-state index is -0.793. The molecule has 0 saturated heterocycles. The molecule has 9 nitrogen and oxygen atoms in total. The molecule has 0 bridgehead atoms. The highest BCUT2D eigenvalue weighted by Crippen LogP contribution is 2.36. The minimum Gasteiger partial charge on any atom is -0.493 e. The maximum absolute atomic E-state index is 13.4. The van der Waals surface area contributed by atoms with Crippen molar-refractivity contribution in [2.45, 2.75) is 18.9 Å². The van der Waals surface area contributed by atoms with E-state index >= 15 is 0 Å². The third-order valence-electron chi connectivity index (χ3n) is 6.61. The third-order valence-corrected chi connectivity index (χ3v) is 6.61. The van der Waals surface area contributed by atoms with Crippen molar-refractivity contribution in [3.63, 3.8) is 0 Å². The maximum atomic E-state index is 13.4. The summed E-state index contributed by atoms with van der Waals surface area (Å²) in [5.41, 5.74) is 3.30. The lowest BCUT2D eigenvalue weighted by atomic mass is 9.93. The van der Waals surface area contributed by atoms with E-state index in [1.54, 1.807) is 12.1 Å². The van der Waals surface area contributed by atoms with Crippen LogP contribution >= 0.6 is 0 Å². The first kappa shape index (κ1) is 24.9. The predicted octanol–water partition coefficient (Wildman–Crippen LogP) is 3.05. The Bertz CT molecular complexity index is 1460. The van der Waals surface area contributed by atoms with Gasteiger partial charge in [-0.15, -0.1) is 0 Å². The zero-order valence-electron chi connectivity index (χ0n) is 20.9. The second kappa shape index (κ2) is 10.3. The van der Waals surface area contributed by atoms with Gasteiger partial charge in [-0.2, -0.15) is 0 Å². The second-order valence-corrected chi connectivity index (χ2v) is 9.55. The number of ether oxygens (including phenoxy) is 1. The lowest BCUT2D eigenvalue weighted by molar-refractivity contribution is 0.0605. The number of rotatable bonds is 10. The molecule has 1 aliphatic heterocycles. The van der Waals surface area contributed by atoms with Crippen molar-refractivity contribution in [3.05, 3.63) is 59.7 Å². The van der Waals surface area contributed by atoms with Gasteiger partial charge in [0.2, 0.25) is 0 Å². The van der Waals surface area contributed by atoms with Crippen LogP contribution in [-0.2, 0) is 0 Å². The van der Waals surface area contributed by atoms with Gasteiger partial charge in [-0.25, -0.2) is 4.98 Å². The van der Waals surface area contributed by atoms with Crippen molar-refractivity contribution in [2.24, 2.45) is 0 Å². The molecule has 0 saturated carbocycles. The SMILES string of the molecule is CN(C)CCCN1C(=O)c2cccc3c2c(cc2[nH]c(-c4ccc(OCCC(O)CO)cc4)nc23)C1=O. The largest absolute Gasteiger partial charge is 0.493 e. The lowest BCUT2D eigenvalue weighted by Crippen LogP contribution is -2.41. The molecule has 3 N–H and O–H groups in total. The molecule has 0 radical (unpaired) electrons. The van der Waals surface area contributed by atoms with E-state index in [4.69, 9.17) is 14.8 Å². The molecule has 0 aliphatic carbocycles. The number of hydrogen-bond donors (Lipinski definition) is 3. The van der Waals surface area contributed by atoms with E-state index in [0.29, 0.717) is 59.6 Å². The summed E-state index contributed by atoms with van der Waals surface area (Å²) in [7, 11) is 3.93. The molecule has 5 rings (SSSR count). The number of nitrogens with zero attached hydrogens (tertiary/aromatic N) is 3. The third kappa shape index (κ3) is 4.81. The molecular weight excluding hydrogens is 472 g/mol. The van der Waals surface area contributed by atoms with E-state index in [0.717, 1.165) is 23.0 Å². The van der Waals surface area contributed by atoms with Crippen LogP contribution in [0.2, 0.25) is 0 Å². The topological polar surface area (TPSA) is 119 Å². The Morgan fingerprint density at radius 3 is 2.57 bits per heavy atom. The van der Waals surface area contributed by atoms with Crippen molar-refractivity contribution in [3.8, 4) is 17.1 Å². The number of hydrogen-bond acceptors (Lipinski definition) is 7. The Morgan fingerprint density at radius 1 is 1.08 bits per heavy atom. The molecule has 1 aliphatic rings. The first-order valence-corrected chi connectivity index (χ1v) is 12.4. The molecule has 2 heterocycles. The molecule has 37 heavy (non-hydrogen) atoms. The van der Waals surface area contributed by atoms with Gasteiger partial charge in [0, 0.05) is 34.9 Å². The predicted molar refractivity (Wildman–Crippen MR) is 141 cm³/mol. The van der Waals surface area contributed by atoms with Gasteiger partial charge in [-0.05, 0) is 63.5 Å². The maximum Gasteiger partial charge on any atom is 0.261 e. The van der Waals surface area contributed by atoms with E-state index in [1.165, 1.54) is 4.90 Å². The zero-order chi connectivity index (χ0) is 26.1. The molecule has 2 amide bonds. The first-order chi connectivity index (χ1) is 17.9. The number of aliphatic hydroxyl groups is 2. The fourth-order valence-electron chi connectivity index (χ4n) is 4.68. The van der Waals surface area contributed by atoms with Crippen LogP contribution in [0.25, 0.3) is 33.2 Å². The highest BCUT2D eigenvalue weighted by atomic mass is 16.5. The minimum absolute atomic E-state index is 0.265. The van der Waals surface area contributed by atoms with Crippen molar-refractivity contribution >= 4 is 33.6 Å². The Labute approximate surface area is 214 Å². The summed E-state index contributed by atoms with van der Waals surface area (Å²) in [6.45, 7) is 1.15. The number of carbonyl (C=O) groups is 2. The lowest BCUT2D eigenvalue weighted by Gasteiger charge is -2.27. The van der Waals surface area contributed by atoms with Crippen molar-refractivity contribution in [1.82, 2.24) is 19.8 Å². The van der Waals surface area contributed by atoms with Gasteiger partial charge in [-0.3, -0.25) is 14.5 Å². The van der Waals surface area contributed by atoms with Crippen molar-refractivity contribution in [1.29, 1.82) is 0 Å². The number of fused-ring (bicyclic) bond motifs is 2. The molecular formula is C28H30N4O5. The van der Waals surface area contributed by atoms with E-state index in [9.17, 15) is 14.7 Å². The number of imidazole rings is 1. The number of benzene rings is 3. The molecule has 3 aromatic carbocycles. The van der Waals surface area contributed by atoms with Crippen LogP contribution in [0.4, 0.5) is 0 Å². The quantitative estimate of drug-likeness (QED) is 0.285. The van der Waals surface area contributed by atoms with Gasteiger partial charge in [0.1, 0.15) is 11.6 Å². The number of aromatic amines is 1. The molecule has 192 valence electrons. The van der Waals surface area contributed by atoms with Crippen LogP contribution in [0.5, 0.6) is 5.75 Å². The average molecular weight is 503 g/mol. The standard InChI is InChI=1S/C28H30N4O5/c1-31(2)12-4-13-32-27(35)21-6-3-5-20-24(21)22(28(32)36)15-23-25(20)30-26(29-23)17-7-9-19(10-8-17)37-14-11-18(34)16-33/h3,5-10,15,18,33-34H,4,11-14,16H2,1-2H3,(H,29,30). The highest BCUT2D eigenvalue weighted by Gasteiger charge is 2.33. The van der Waals surface area contributed by atoms with Gasteiger partial charge in [0.05, 0.1) is 35.9 Å². The van der Waals surface area contributed by atoms with Crippen LogP contribution in [0.15, 0.2) is 48.5 Å². The van der Waals surface area contributed by atoms with Crippen LogP contribution in [-0.4, -0.2) is 88.3 Å². The Balaban J connectivity index is 1.46. The highest BCUT2D eigenvalue weighted by molar-refractivity contribution is 6.28. The zero-order valence-corrected chi connectivity index (χ0v) is 20.9. The average Bonchev–Trinajstić information content (AvgIpc) is 3.33. The van der Waals surface area contributed by atoms with E-state index in [1.807, 2.05) is 55.4 Å². The number of aromatic nitrogens is 2. The number of H-pyrrole nitrogens is 1. The monoisotopic (exact) mass is 502 g/mol. The smallest absolute Gasteiger partial charge is 0.261 e. The molecule has 1 atom stereocenters. The van der Waals surface area contributed by atoms with E-state index < -0.39 is 6.10 Å². The Morgan fingerprint density at radius 2 is 1.84 bits per heavy atom. The Kier molecular flexibility index (Phi) is 6.92. The number of imide groups is 1. The van der Waals surface area contributed by atoms with Crippen LogP contribution < -0.4 is 4.74 Å². The fraction of sp³-hybridized carbons (Fsp3) is 0.321. The molecule has 0 fully saturated rings. The molecule has 1 aromatic heterocycles. The van der Waals surface area contributed by atoms with Gasteiger partial charge in [-0.1, -0.05) is 12.1 Å². The van der Waals surface area contributed by atoms with E-state index in [2.05, 4.69) is 4.98 Å². The summed E-state index contributed by atoms with van der Waals surface area (Å²) in [4.78, 5) is 38.2. The molecule has 0 spiro atoms. The summed E-state index contributed by atoms with van der Waals surface area (Å²) in [6, 6.07) is 14.7. The number of amides is 2. The van der Waals surface area contributed by atoms with Crippen molar-refractivity contribution in [2.75, 3.05) is 40.4 Å². The molecule has 9 heteroatoms. The van der Waals surface area contributed by atoms with Gasteiger partial charge < -0.3 is 24.8 Å². The molecule has 1 unspecified atom stereocenters. The van der Waals surface area contributed by atoms with Crippen LogP contribution in [0.1, 0.15) is 33.6 Å². The van der Waals surface area contributed by atoms with Crippen LogP contribution in [0.3, 0.4) is 0 Å².